The number of amidine groups is 1. The van der Waals surface area contributed by atoms with E-state index in [1.165, 1.54) is 11.9 Å². The molecule has 3 rings (SSSR count). The molecule has 1 atom stereocenters. The Hall–Kier alpha value is -2.81. The van der Waals surface area contributed by atoms with Gasteiger partial charge in [-0.25, -0.2) is 4.31 Å². The minimum Gasteiger partial charge on any atom is -0.358 e. The molecule has 1 amide bonds. The van der Waals surface area contributed by atoms with Crippen molar-refractivity contribution >= 4 is 48.2 Å². The van der Waals surface area contributed by atoms with Gasteiger partial charge in [-0.1, -0.05) is 48.9 Å². The molecule has 0 spiro atoms. The molecule has 1 aromatic carbocycles. The fraction of sp³-hybridized carbons (Fsp3) is 0.346. The average Bonchev–Trinajstić information content (AvgIpc) is 3.52. The summed E-state index contributed by atoms with van der Waals surface area (Å²) in [6, 6.07) is 11.4. The van der Waals surface area contributed by atoms with Gasteiger partial charge in [0.25, 0.3) is 0 Å². The largest absolute Gasteiger partial charge is 0.358 e. The number of amides is 1. The summed E-state index contributed by atoms with van der Waals surface area (Å²) in [6.45, 7) is 7.13. The van der Waals surface area contributed by atoms with Gasteiger partial charge >= 0.3 is 0 Å². The zero-order valence-electron chi connectivity index (χ0n) is 20.4. The minimum absolute atomic E-state index is 0.362. The molecule has 1 unspecified atom stereocenters. The first-order valence-corrected chi connectivity index (χ1v) is 12.8. The summed E-state index contributed by atoms with van der Waals surface area (Å²) in [5.74, 6) is 0.984. The number of rotatable bonds is 13. The van der Waals surface area contributed by atoms with Crippen molar-refractivity contribution in [3.63, 3.8) is 0 Å². The molecule has 9 heteroatoms. The first-order valence-electron chi connectivity index (χ1n) is 11.6. The Morgan fingerprint density at radius 3 is 2.63 bits per heavy atom. The molecule has 7 nitrogen and oxygen atoms in total. The van der Waals surface area contributed by atoms with Gasteiger partial charge in [0.05, 0.1) is 11.6 Å². The number of aromatic nitrogens is 1. The van der Waals surface area contributed by atoms with Crippen LogP contribution in [0.3, 0.4) is 0 Å². The Kier molecular flexibility index (Phi) is 10.2. The summed E-state index contributed by atoms with van der Waals surface area (Å²) in [5.41, 5.74) is 2.95. The summed E-state index contributed by atoms with van der Waals surface area (Å²) >= 11 is 7.54. The van der Waals surface area contributed by atoms with Crippen LogP contribution in [0.2, 0.25) is 0 Å². The number of carbonyl (C=O) groups excluding carboxylic acids is 2. The number of likely N-dealkylation sites (N-methyl/N-ethyl adjacent to an activating group) is 2. The van der Waals surface area contributed by atoms with E-state index in [1.54, 1.807) is 4.90 Å². The number of allylic oxidation sites excluding steroid dienone is 3. The van der Waals surface area contributed by atoms with E-state index in [0.717, 1.165) is 53.5 Å². The summed E-state index contributed by atoms with van der Waals surface area (Å²) in [4.78, 5) is 35.4. The fourth-order valence-electron chi connectivity index (χ4n) is 3.66. The monoisotopic (exact) mass is 513 g/mol. The highest BCUT2D eigenvalue weighted by molar-refractivity contribution is 7.97. The number of nitrogens with one attached hydrogen (secondary N) is 1. The molecule has 2 aromatic rings. The van der Waals surface area contributed by atoms with Crippen LogP contribution in [0.5, 0.6) is 0 Å². The molecule has 0 saturated heterocycles. The number of aldehydes is 1. The normalized spacial score (nSPS) is 15.1. The standard InChI is InChI=1S/C26H32ClN5O2S/c1-4-22(27)10-11-23-12-13-25(29-23)35-32(5-2)17-24(18-33)31(19-34)16-20-6-8-21(9-7-20)26-28-14-15-30(26)3/h4,6-13,18-19,24,29H,5,14-17H2,1-3H3/b11-10-,22-4+. The molecule has 1 N–H and O–H groups in total. The van der Waals surface area contributed by atoms with Gasteiger partial charge in [-0.05, 0) is 48.7 Å². The average molecular weight is 514 g/mol. The second kappa shape index (κ2) is 13.3. The molecule has 2 heterocycles. The van der Waals surface area contributed by atoms with Crippen LogP contribution >= 0.6 is 23.5 Å². The predicted molar refractivity (Wildman–Crippen MR) is 144 cm³/mol. The molecule has 0 saturated carbocycles. The topological polar surface area (TPSA) is 72.0 Å². The van der Waals surface area contributed by atoms with Crippen molar-refractivity contribution in [3.05, 3.63) is 70.4 Å². The van der Waals surface area contributed by atoms with E-state index in [2.05, 4.69) is 19.2 Å². The van der Waals surface area contributed by atoms with Crippen molar-refractivity contribution in [3.8, 4) is 0 Å². The van der Waals surface area contributed by atoms with Crippen LogP contribution in [0.1, 0.15) is 30.7 Å². The van der Waals surface area contributed by atoms with E-state index >= 15 is 0 Å². The first-order chi connectivity index (χ1) is 17.0. The van der Waals surface area contributed by atoms with Crippen LogP contribution in [0, 0.1) is 0 Å². The van der Waals surface area contributed by atoms with Crippen LogP contribution in [0.15, 0.2) is 63.6 Å². The van der Waals surface area contributed by atoms with Crippen molar-refractivity contribution in [2.24, 2.45) is 4.99 Å². The maximum Gasteiger partial charge on any atom is 0.210 e. The number of carbonyl (C=O) groups is 2. The molecule has 1 aliphatic heterocycles. The predicted octanol–water partition coefficient (Wildman–Crippen LogP) is 4.42. The Morgan fingerprint density at radius 1 is 1.26 bits per heavy atom. The summed E-state index contributed by atoms with van der Waals surface area (Å²) in [7, 11) is 2.03. The van der Waals surface area contributed by atoms with E-state index in [4.69, 9.17) is 11.6 Å². The molecule has 186 valence electrons. The summed E-state index contributed by atoms with van der Waals surface area (Å²) in [6.07, 6.45) is 7.16. The maximum atomic E-state index is 12.0. The number of benzene rings is 1. The van der Waals surface area contributed by atoms with Crippen molar-refractivity contribution < 1.29 is 9.59 Å². The molecular weight excluding hydrogens is 482 g/mol. The Morgan fingerprint density at radius 2 is 2.03 bits per heavy atom. The van der Waals surface area contributed by atoms with E-state index in [0.29, 0.717) is 24.7 Å². The lowest BCUT2D eigenvalue weighted by Crippen LogP contribution is -2.42. The number of hydrogen-bond acceptors (Lipinski definition) is 6. The minimum atomic E-state index is -0.562. The van der Waals surface area contributed by atoms with E-state index in [1.807, 2.05) is 75.5 Å². The first kappa shape index (κ1) is 26.8. The quantitative estimate of drug-likeness (QED) is 0.244. The van der Waals surface area contributed by atoms with Gasteiger partial charge in [-0.3, -0.25) is 9.79 Å². The Labute approximate surface area is 216 Å². The highest BCUT2D eigenvalue weighted by Gasteiger charge is 2.21. The maximum absolute atomic E-state index is 12.0. The molecule has 0 bridgehead atoms. The van der Waals surface area contributed by atoms with Crippen LogP contribution in [-0.4, -0.2) is 76.9 Å². The van der Waals surface area contributed by atoms with Gasteiger partial charge in [0, 0.05) is 49.5 Å². The number of H-pyrrole nitrogens is 1. The van der Waals surface area contributed by atoms with Gasteiger partial charge in [0.15, 0.2) is 0 Å². The SMILES string of the molecule is C/C=C(Cl)\C=C/c1ccc(SN(CC)CC(C=O)N(C=O)Cc2ccc(C3=NCCN3C)cc2)[nH]1. The van der Waals surface area contributed by atoms with Gasteiger partial charge in [0.2, 0.25) is 6.41 Å². The number of aliphatic imine (C=N–C) groups is 1. The number of hydrogen-bond donors (Lipinski definition) is 1. The van der Waals surface area contributed by atoms with Crippen LogP contribution in [0.4, 0.5) is 0 Å². The van der Waals surface area contributed by atoms with Gasteiger partial charge in [-0.2, -0.15) is 0 Å². The van der Waals surface area contributed by atoms with E-state index in [-0.39, 0.29) is 0 Å². The Balaban J connectivity index is 1.61. The third-order valence-corrected chi connectivity index (χ3v) is 7.15. The van der Waals surface area contributed by atoms with Gasteiger partial charge in [-0.15, -0.1) is 0 Å². The second-order valence-corrected chi connectivity index (χ2v) is 9.74. The third kappa shape index (κ3) is 7.59. The van der Waals surface area contributed by atoms with Gasteiger partial charge < -0.3 is 19.6 Å². The molecule has 0 radical (unpaired) electrons. The lowest BCUT2D eigenvalue weighted by Gasteiger charge is -2.28. The number of halogens is 1. The number of nitrogens with zero attached hydrogens (tertiary/aromatic N) is 4. The molecule has 1 aliphatic rings. The van der Waals surface area contributed by atoms with Crippen molar-refractivity contribution in [1.29, 1.82) is 0 Å². The summed E-state index contributed by atoms with van der Waals surface area (Å²) < 4.78 is 2.06. The molecule has 0 aliphatic carbocycles. The molecule has 1 aromatic heterocycles. The van der Waals surface area contributed by atoms with Crippen molar-refractivity contribution in [2.45, 2.75) is 31.5 Å². The molecule has 0 fully saturated rings. The smallest absolute Gasteiger partial charge is 0.210 e. The molecular formula is C26H32ClN5O2S. The van der Waals surface area contributed by atoms with Crippen LogP contribution < -0.4 is 0 Å². The third-order valence-electron chi connectivity index (χ3n) is 5.70. The highest BCUT2D eigenvalue weighted by atomic mass is 35.5. The van der Waals surface area contributed by atoms with Crippen molar-refractivity contribution in [1.82, 2.24) is 19.1 Å². The van der Waals surface area contributed by atoms with Crippen LogP contribution in [0.25, 0.3) is 6.08 Å². The Bertz CT molecular complexity index is 1080. The van der Waals surface area contributed by atoms with Crippen molar-refractivity contribution in [2.75, 3.05) is 33.2 Å². The zero-order chi connectivity index (χ0) is 25.2. The lowest BCUT2D eigenvalue weighted by atomic mass is 10.1. The van der Waals surface area contributed by atoms with Gasteiger partial charge in [0.1, 0.15) is 18.2 Å². The second-order valence-electron chi connectivity index (χ2n) is 8.16. The van der Waals surface area contributed by atoms with E-state index < -0.39 is 6.04 Å². The highest BCUT2D eigenvalue weighted by Crippen LogP contribution is 2.23. The zero-order valence-corrected chi connectivity index (χ0v) is 21.9. The summed E-state index contributed by atoms with van der Waals surface area (Å²) in [5, 5.41) is 1.61. The van der Waals surface area contributed by atoms with E-state index in [9.17, 15) is 9.59 Å². The molecule has 35 heavy (non-hydrogen) atoms. The number of aromatic amines is 1. The lowest BCUT2D eigenvalue weighted by molar-refractivity contribution is -0.126. The fourth-order valence-corrected chi connectivity index (χ4v) is 4.65. The van der Waals surface area contributed by atoms with Crippen LogP contribution in [-0.2, 0) is 16.1 Å².